The zero-order chi connectivity index (χ0) is 19.0. The summed E-state index contributed by atoms with van der Waals surface area (Å²) in [5.74, 6) is 0.0823. The second-order valence-electron chi connectivity index (χ2n) is 6.00. The highest BCUT2D eigenvalue weighted by molar-refractivity contribution is 5.89. The molecule has 1 aromatic carbocycles. The molecular formula is C21H30O5. The summed E-state index contributed by atoms with van der Waals surface area (Å²) in [7, 11) is 0. The topological polar surface area (TPSA) is 61.8 Å². The van der Waals surface area contributed by atoms with Crippen molar-refractivity contribution in [3.05, 3.63) is 42.5 Å². The molecule has 26 heavy (non-hydrogen) atoms. The molecule has 0 spiro atoms. The van der Waals surface area contributed by atoms with Crippen LogP contribution in [-0.4, -0.2) is 31.8 Å². The van der Waals surface area contributed by atoms with Gasteiger partial charge in [-0.15, -0.1) is 0 Å². The summed E-state index contributed by atoms with van der Waals surface area (Å²) in [5, 5.41) is 0. The third-order valence-corrected chi connectivity index (χ3v) is 3.79. The van der Waals surface area contributed by atoms with E-state index in [4.69, 9.17) is 14.2 Å². The molecule has 1 aromatic rings. The molecule has 0 unspecified atom stereocenters. The van der Waals surface area contributed by atoms with Crippen LogP contribution in [0.3, 0.4) is 0 Å². The molecule has 0 aliphatic carbocycles. The Bertz CT molecular complexity index is 536. The van der Waals surface area contributed by atoms with Gasteiger partial charge in [0, 0.05) is 6.08 Å². The van der Waals surface area contributed by atoms with Crippen LogP contribution in [0.1, 0.15) is 62.2 Å². The second-order valence-corrected chi connectivity index (χ2v) is 6.00. The van der Waals surface area contributed by atoms with E-state index in [1.807, 2.05) is 0 Å². The van der Waals surface area contributed by atoms with Crippen LogP contribution in [0.25, 0.3) is 0 Å². The first kappa shape index (κ1) is 21.7. The molecule has 0 fully saturated rings. The minimum Gasteiger partial charge on any atom is -0.494 e. The highest BCUT2D eigenvalue weighted by Crippen LogP contribution is 2.14. The molecule has 0 amide bonds. The number of esters is 2. The first-order valence-electron chi connectivity index (χ1n) is 9.36. The van der Waals surface area contributed by atoms with Crippen molar-refractivity contribution < 1.29 is 23.8 Å². The largest absolute Gasteiger partial charge is 0.494 e. The average Bonchev–Trinajstić information content (AvgIpc) is 2.67. The Morgan fingerprint density at radius 1 is 0.885 bits per heavy atom. The Hall–Kier alpha value is -2.30. The van der Waals surface area contributed by atoms with Crippen molar-refractivity contribution in [1.29, 1.82) is 0 Å². The summed E-state index contributed by atoms with van der Waals surface area (Å²) in [4.78, 5) is 22.7. The molecule has 0 bridgehead atoms. The summed E-state index contributed by atoms with van der Waals surface area (Å²) in [5.41, 5.74) is 0.544. The van der Waals surface area contributed by atoms with E-state index < -0.39 is 0 Å². The van der Waals surface area contributed by atoms with Gasteiger partial charge < -0.3 is 14.2 Å². The molecular weight excluding hydrogens is 332 g/mol. The quantitative estimate of drug-likeness (QED) is 0.273. The van der Waals surface area contributed by atoms with Crippen LogP contribution < -0.4 is 4.74 Å². The fourth-order valence-electron chi connectivity index (χ4n) is 2.27. The maximum absolute atomic E-state index is 11.9. The van der Waals surface area contributed by atoms with E-state index in [-0.39, 0.29) is 11.9 Å². The molecule has 0 aliphatic heterocycles. The highest BCUT2D eigenvalue weighted by atomic mass is 16.5. The van der Waals surface area contributed by atoms with Gasteiger partial charge in [-0.3, -0.25) is 0 Å². The van der Waals surface area contributed by atoms with Gasteiger partial charge in [0.1, 0.15) is 5.75 Å². The maximum Gasteiger partial charge on any atom is 0.338 e. The van der Waals surface area contributed by atoms with E-state index in [1.165, 1.54) is 6.08 Å². The van der Waals surface area contributed by atoms with Gasteiger partial charge in [-0.05, 0) is 56.4 Å². The van der Waals surface area contributed by atoms with E-state index in [1.54, 1.807) is 24.3 Å². The number of benzene rings is 1. The molecule has 0 saturated carbocycles. The van der Waals surface area contributed by atoms with E-state index in [9.17, 15) is 9.59 Å². The Kier molecular flexibility index (Phi) is 11.6. The summed E-state index contributed by atoms with van der Waals surface area (Å²) in [6, 6.07) is 7.03. The number of carbonyl (C=O) groups excluding carboxylic acids is 2. The van der Waals surface area contributed by atoms with E-state index in [0.717, 1.165) is 50.7 Å². The van der Waals surface area contributed by atoms with Crippen molar-refractivity contribution in [3.63, 3.8) is 0 Å². The maximum atomic E-state index is 11.9. The number of rotatable bonds is 14. The zero-order valence-electron chi connectivity index (χ0n) is 15.7. The van der Waals surface area contributed by atoms with Gasteiger partial charge in [-0.25, -0.2) is 9.59 Å². The lowest BCUT2D eigenvalue weighted by molar-refractivity contribution is -0.137. The molecule has 5 nitrogen and oxygen atoms in total. The monoisotopic (exact) mass is 362 g/mol. The second kappa shape index (κ2) is 13.9. The van der Waals surface area contributed by atoms with Crippen LogP contribution in [0.15, 0.2) is 36.9 Å². The fourth-order valence-corrected chi connectivity index (χ4v) is 2.27. The lowest BCUT2D eigenvalue weighted by Crippen LogP contribution is -2.06. The number of hydrogen-bond donors (Lipinski definition) is 0. The van der Waals surface area contributed by atoms with Crippen molar-refractivity contribution in [2.45, 2.75) is 51.9 Å². The fraction of sp³-hybridized carbons (Fsp3) is 0.524. The predicted molar refractivity (Wildman–Crippen MR) is 101 cm³/mol. The molecule has 144 valence electrons. The standard InChI is InChI=1S/C21H30O5/c1-3-5-8-17-26-21(23)18-11-13-19(14-12-18)24-15-9-6-7-10-16-25-20(22)4-2/h4,11-14H,2-3,5-10,15-17H2,1H3. The van der Waals surface area contributed by atoms with E-state index in [2.05, 4.69) is 13.5 Å². The van der Waals surface area contributed by atoms with Crippen molar-refractivity contribution in [2.75, 3.05) is 19.8 Å². The Morgan fingerprint density at radius 3 is 2.15 bits per heavy atom. The smallest absolute Gasteiger partial charge is 0.338 e. The average molecular weight is 362 g/mol. The van der Waals surface area contributed by atoms with Crippen LogP contribution in [0.5, 0.6) is 5.75 Å². The van der Waals surface area contributed by atoms with Crippen LogP contribution >= 0.6 is 0 Å². The first-order chi connectivity index (χ1) is 12.7. The Labute approximate surface area is 156 Å². The van der Waals surface area contributed by atoms with Gasteiger partial charge in [-0.2, -0.15) is 0 Å². The number of ether oxygens (including phenoxy) is 3. The normalized spacial score (nSPS) is 10.2. The van der Waals surface area contributed by atoms with Gasteiger partial charge in [0.25, 0.3) is 0 Å². The Morgan fingerprint density at radius 2 is 1.50 bits per heavy atom. The highest BCUT2D eigenvalue weighted by Gasteiger charge is 2.06. The van der Waals surface area contributed by atoms with Crippen molar-refractivity contribution in [3.8, 4) is 5.75 Å². The summed E-state index contributed by atoms with van der Waals surface area (Å²) >= 11 is 0. The molecule has 0 aromatic heterocycles. The Balaban J connectivity index is 2.12. The van der Waals surface area contributed by atoms with Crippen molar-refractivity contribution >= 4 is 11.9 Å². The zero-order valence-corrected chi connectivity index (χ0v) is 15.7. The molecule has 0 atom stereocenters. The van der Waals surface area contributed by atoms with Crippen LogP contribution in [-0.2, 0) is 14.3 Å². The molecule has 5 heteroatoms. The number of unbranched alkanes of at least 4 members (excludes halogenated alkanes) is 5. The molecule has 0 heterocycles. The van der Waals surface area contributed by atoms with Gasteiger partial charge in [0.05, 0.1) is 25.4 Å². The number of carbonyl (C=O) groups is 2. The molecule has 0 N–H and O–H groups in total. The van der Waals surface area contributed by atoms with E-state index >= 15 is 0 Å². The van der Waals surface area contributed by atoms with Gasteiger partial charge in [-0.1, -0.05) is 26.3 Å². The van der Waals surface area contributed by atoms with Gasteiger partial charge in [0.15, 0.2) is 0 Å². The molecule has 0 saturated heterocycles. The van der Waals surface area contributed by atoms with Crippen molar-refractivity contribution in [2.24, 2.45) is 0 Å². The number of hydrogen-bond acceptors (Lipinski definition) is 5. The van der Waals surface area contributed by atoms with Crippen LogP contribution in [0.2, 0.25) is 0 Å². The lowest BCUT2D eigenvalue weighted by atomic mass is 10.2. The third kappa shape index (κ3) is 9.87. The first-order valence-corrected chi connectivity index (χ1v) is 9.36. The third-order valence-electron chi connectivity index (χ3n) is 3.79. The summed E-state index contributed by atoms with van der Waals surface area (Å²) < 4.78 is 15.8. The molecule has 0 aliphatic rings. The van der Waals surface area contributed by atoms with Crippen LogP contribution in [0.4, 0.5) is 0 Å². The molecule has 0 radical (unpaired) electrons. The summed E-state index contributed by atoms with van der Waals surface area (Å²) in [6.45, 7) is 6.98. The van der Waals surface area contributed by atoms with Gasteiger partial charge >= 0.3 is 11.9 Å². The minimum atomic E-state index is -0.373. The van der Waals surface area contributed by atoms with Crippen LogP contribution in [0, 0.1) is 0 Å². The minimum absolute atomic E-state index is 0.287. The predicted octanol–water partition coefficient (Wildman–Crippen LogP) is 4.70. The van der Waals surface area contributed by atoms with Gasteiger partial charge in [0.2, 0.25) is 0 Å². The van der Waals surface area contributed by atoms with E-state index in [0.29, 0.717) is 25.4 Å². The summed E-state index contributed by atoms with van der Waals surface area (Å²) in [6.07, 6.45) is 8.01. The molecule has 1 rings (SSSR count). The SMILES string of the molecule is C=CC(=O)OCCCCCCOc1ccc(C(=O)OCCCCC)cc1. The lowest BCUT2D eigenvalue weighted by Gasteiger charge is -2.08. The van der Waals surface area contributed by atoms with Crippen molar-refractivity contribution in [1.82, 2.24) is 0 Å².